The molecule has 2 atom stereocenters. The van der Waals surface area contributed by atoms with Crippen LogP contribution >= 0.6 is 0 Å². The number of carboxylic acids is 1. The Morgan fingerprint density at radius 3 is 2.84 bits per heavy atom. The van der Waals surface area contributed by atoms with Gasteiger partial charge in [-0.15, -0.1) is 0 Å². The first kappa shape index (κ1) is 14.8. The van der Waals surface area contributed by atoms with E-state index in [-0.39, 0.29) is 0 Å². The molecule has 2 fully saturated rings. The van der Waals surface area contributed by atoms with Crippen LogP contribution < -0.4 is 0 Å². The summed E-state index contributed by atoms with van der Waals surface area (Å²) in [5.41, 5.74) is -0.704. The number of hydrogen-bond acceptors (Lipinski definition) is 4. The predicted molar refractivity (Wildman–Crippen MR) is 73.3 cm³/mol. The van der Waals surface area contributed by atoms with Gasteiger partial charge in [0, 0.05) is 25.7 Å². The molecule has 2 heterocycles. The largest absolute Gasteiger partial charge is 0.481 e. The number of rotatable bonds is 5. The van der Waals surface area contributed by atoms with E-state index in [0.717, 1.165) is 25.9 Å². The molecular weight excluding hydrogens is 244 g/mol. The van der Waals surface area contributed by atoms with Crippen molar-refractivity contribution in [1.29, 1.82) is 0 Å². The van der Waals surface area contributed by atoms with E-state index in [0.29, 0.717) is 25.8 Å². The van der Waals surface area contributed by atoms with Crippen molar-refractivity contribution >= 4 is 5.97 Å². The third kappa shape index (κ3) is 3.46. The van der Waals surface area contributed by atoms with Crippen molar-refractivity contribution in [3.63, 3.8) is 0 Å². The summed E-state index contributed by atoms with van der Waals surface area (Å²) in [5.74, 6) is -0.709. The van der Waals surface area contributed by atoms with Gasteiger partial charge in [-0.25, -0.2) is 0 Å². The molecule has 2 unspecified atom stereocenters. The minimum atomic E-state index is -0.709. The van der Waals surface area contributed by atoms with Crippen molar-refractivity contribution in [3.8, 4) is 0 Å². The highest BCUT2D eigenvalue weighted by Crippen LogP contribution is 2.30. The van der Waals surface area contributed by atoms with Crippen LogP contribution in [-0.2, 0) is 9.53 Å². The Bertz CT molecular complexity index is 316. The summed E-state index contributed by atoms with van der Waals surface area (Å²) in [5, 5.41) is 9.53. The second-order valence-corrected chi connectivity index (χ2v) is 6.22. The molecule has 19 heavy (non-hydrogen) atoms. The van der Waals surface area contributed by atoms with Crippen molar-refractivity contribution in [2.45, 2.75) is 31.7 Å². The zero-order valence-electron chi connectivity index (χ0n) is 12.1. The first-order valence-corrected chi connectivity index (χ1v) is 7.23. The molecule has 0 saturated carbocycles. The van der Waals surface area contributed by atoms with E-state index in [1.807, 2.05) is 7.05 Å². The quantitative estimate of drug-likeness (QED) is 0.804. The zero-order valence-corrected chi connectivity index (χ0v) is 12.1. The molecule has 0 aromatic carbocycles. The first-order chi connectivity index (χ1) is 9.03. The molecule has 5 heteroatoms. The topological polar surface area (TPSA) is 53.0 Å². The molecule has 0 aromatic heterocycles. The molecule has 2 aliphatic rings. The molecule has 0 aromatic rings. The minimum absolute atomic E-state index is 0.354. The van der Waals surface area contributed by atoms with Gasteiger partial charge in [0.1, 0.15) is 5.41 Å². The van der Waals surface area contributed by atoms with Crippen molar-refractivity contribution in [3.05, 3.63) is 0 Å². The number of likely N-dealkylation sites (N-methyl/N-ethyl adjacent to an activating group) is 2. The maximum atomic E-state index is 11.6. The van der Waals surface area contributed by atoms with E-state index >= 15 is 0 Å². The molecule has 0 radical (unpaired) electrons. The fourth-order valence-corrected chi connectivity index (χ4v) is 3.36. The van der Waals surface area contributed by atoms with Crippen LogP contribution in [0.25, 0.3) is 0 Å². The van der Waals surface area contributed by atoms with Crippen LogP contribution in [0.15, 0.2) is 0 Å². The van der Waals surface area contributed by atoms with E-state index in [9.17, 15) is 9.90 Å². The standard InChI is InChI=1S/C14H26N2O3/c1-15(9-12-5-3-7-16(12)2)10-14(13(17)18)6-4-8-19-11-14/h12H,3-11H2,1-2H3,(H,17,18). The molecule has 0 spiro atoms. The van der Waals surface area contributed by atoms with Crippen LogP contribution in [0.5, 0.6) is 0 Å². The SMILES string of the molecule is CN(CC1CCCN1C)CC1(C(=O)O)CCCOC1. The highest BCUT2D eigenvalue weighted by atomic mass is 16.5. The summed E-state index contributed by atoms with van der Waals surface area (Å²) in [6.45, 7) is 3.75. The van der Waals surface area contributed by atoms with Gasteiger partial charge in [0.05, 0.1) is 6.61 Å². The average Bonchev–Trinajstić information content (AvgIpc) is 2.76. The summed E-state index contributed by atoms with van der Waals surface area (Å²) < 4.78 is 5.42. The first-order valence-electron chi connectivity index (χ1n) is 7.23. The van der Waals surface area contributed by atoms with Gasteiger partial charge in [0.2, 0.25) is 0 Å². The van der Waals surface area contributed by atoms with Gasteiger partial charge in [-0.2, -0.15) is 0 Å². The number of carbonyl (C=O) groups is 1. The Morgan fingerprint density at radius 1 is 1.53 bits per heavy atom. The predicted octanol–water partition coefficient (Wildman–Crippen LogP) is 0.894. The Morgan fingerprint density at radius 2 is 2.32 bits per heavy atom. The molecule has 2 aliphatic heterocycles. The lowest BCUT2D eigenvalue weighted by atomic mass is 9.82. The molecule has 110 valence electrons. The Hall–Kier alpha value is -0.650. The third-order valence-corrected chi connectivity index (χ3v) is 4.54. The zero-order chi connectivity index (χ0) is 13.9. The third-order valence-electron chi connectivity index (χ3n) is 4.54. The molecule has 2 rings (SSSR count). The molecule has 5 nitrogen and oxygen atoms in total. The summed E-state index contributed by atoms with van der Waals surface area (Å²) in [6, 6.07) is 0.570. The monoisotopic (exact) mass is 270 g/mol. The van der Waals surface area contributed by atoms with Crippen LogP contribution in [0.4, 0.5) is 0 Å². The Kier molecular flexibility index (Phi) is 4.81. The van der Waals surface area contributed by atoms with Crippen LogP contribution in [0, 0.1) is 5.41 Å². The van der Waals surface area contributed by atoms with Crippen molar-refractivity contribution in [2.24, 2.45) is 5.41 Å². The number of ether oxygens (including phenoxy) is 1. The minimum Gasteiger partial charge on any atom is -0.481 e. The summed E-state index contributed by atoms with van der Waals surface area (Å²) in [7, 11) is 4.19. The smallest absolute Gasteiger partial charge is 0.313 e. The highest BCUT2D eigenvalue weighted by Gasteiger charge is 2.41. The van der Waals surface area contributed by atoms with Gasteiger partial charge in [0.25, 0.3) is 0 Å². The Balaban J connectivity index is 1.91. The van der Waals surface area contributed by atoms with Gasteiger partial charge in [0.15, 0.2) is 0 Å². The molecule has 1 N–H and O–H groups in total. The van der Waals surface area contributed by atoms with Crippen LogP contribution in [0.1, 0.15) is 25.7 Å². The normalized spacial score (nSPS) is 32.9. The van der Waals surface area contributed by atoms with Crippen molar-refractivity contribution in [1.82, 2.24) is 9.80 Å². The maximum Gasteiger partial charge on any atom is 0.313 e. The van der Waals surface area contributed by atoms with Crippen LogP contribution in [0.2, 0.25) is 0 Å². The second kappa shape index (κ2) is 6.20. The summed E-state index contributed by atoms with van der Waals surface area (Å²) in [6.07, 6.45) is 4.05. The average molecular weight is 270 g/mol. The summed E-state index contributed by atoms with van der Waals surface area (Å²) >= 11 is 0. The number of hydrogen-bond donors (Lipinski definition) is 1. The second-order valence-electron chi connectivity index (χ2n) is 6.22. The molecule has 0 bridgehead atoms. The van der Waals surface area contributed by atoms with Gasteiger partial charge in [-0.1, -0.05) is 0 Å². The summed E-state index contributed by atoms with van der Waals surface area (Å²) in [4.78, 5) is 16.1. The lowest BCUT2D eigenvalue weighted by Gasteiger charge is -2.37. The fourth-order valence-electron chi connectivity index (χ4n) is 3.36. The number of carboxylic acid groups (broad SMARTS) is 1. The van der Waals surface area contributed by atoms with Crippen LogP contribution in [0.3, 0.4) is 0 Å². The van der Waals surface area contributed by atoms with Crippen LogP contribution in [-0.4, -0.2) is 73.9 Å². The number of aliphatic carboxylic acids is 1. The lowest BCUT2D eigenvalue weighted by molar-refractivity contribution is -0.159. The fraction of sp³-hybridized carbons (Fsp3) is 0.929. The van der Waals surface area contributed by atoms with Gasteiger partial charge in [-0.05, 0) is 46.3 Å². The van der Waals surface area contributed by atoms with E-state index < -0.39 is 11.4 Å². The van der Waals surface area contributed by atoms with Gasteiger partial charge < -0.3 is 19.6 Å². The van der Waals surface area contributed by atoms with Crippen molar-refractivity contribution in [2.75, 3.05) is 46.9 Å². The lowest BCUT2D eigenvalue weighted by Crippen LogP contribution is -2.49. The number of nitrogens with zero attached hydrogens (tertiary/aromatic N) is 2. The molecular formula is C14H26N2O3. The molecule has 0 aliphatic carbocycles. The van der Waals surface area contributed by atoms with Gasteiger partial charge >= 0.3 is 5.97 Å². The van der Waals surface area contributed by atoms with Crippen molar-refractivity contribution < 1.29 is 14.6 Å². The van der Waals surface area contributed by atoms with E-state index in [2.05, 4.69) is 16.8 Å². The molecule has 2 saturated heterocycles. The van der Waals surface area contributed by atoms with E-state index in [1.165, 1.54) is 12.8 Å². The van der Waals surface area contributed by atoms with Gasteiger partial charge in [-0.3, -0.25) is 4.79 Å². The number of likely N-dealkylation sites (tertiary alicyclic amines) is 1. The van der Waals surface area contributed by atoms with E-state index in [4.69, 9.17) is 4.74 Å². The Labute approximate surface area is 115 Å². The van der Waals surface area contributed by atoms with E-state index in [1.54, 1.807) is 0 Å². The molecule has 0 amide bonds. The highest BCUT2D eigenvalue weighted by molar-refractivity contribution is 5.75. The maximum absolute atomic E-state index is 11.6.